The molecule has 0 N–H and O–H groups in total. The molecule has 0 aromatic heterocycles. The summed E-state index contributed by atoms with van der Waals surface area (Å²) in [7, 11) is 1.39. The first-order valence-electron chi connectivity index (χ1n) is 14.3. The van der Waals surface area contributed by atoms with Crippen molar-refractivity contribution in [3.8, 4) is 5.75 Å². The minimum absolute atomic E-state index is 0.0575. The molecule has 0 spiro atoms. The van der Waals surface area contributed by atoms with Crippen LogP contribution < -0.4 is 9.64 Å². The fraction of sp³-hybridized carbons (Fsp3) is 0.633. The lowest BCUT2D eigenvalue weighted by Gasteiger charge is -2.32. The van der Waals surface area contributed by atoms with Gasteiger partial charge in [-0.25, -0.2) is 4.79 Å². The Balaban J connectivity index is 1.73. The largest absolute Gasteiger partial charge is 0.496 e. The highest BCUT2D eigenvalue weighted by Crippen LogP contribution is 2.44. The monoisotopic (exact) mass is 598 g/mol. The number of hydrogen-bond donors (Lipinski definition) is 0. The molecule has 1 aromatic carbocycles. The average molecular weight is 599 g/mol. The van der Waals surface area contributed by atoms with Gasteiger partial charge in [0.2, 0.25) is 0 Å². The first-order chi connectivity index (χ1) is 19.9. The molecule has 2 heterocycles. The fourth-order valence-electron chi connectivity index (χ4n) is 5.22. The van der Waals surface area contributed by atoms with Crippen LogP contribution in [0.3, 0.4) is 0 Å². The van der Waals surface area contributed by atoms with Gasteiger partial charge in [0.15, 0.2) is 0 Å². The number of esters is 2. The highest BCUT2D eigenvalue weighted by Gasteiger charge is 2.47. The Morgan fingerprint density at radius 2 is 1.83 bits per heavy atom. The molecule has 0 saturated carbocycles. The highest BCUT2D eigenvalue weighted by molar-refractivity contribution is 6.08. The van der Waals surface area contributed by atoms with Crippen LogP contribution in [0.2, 0.25) is 0 Å². The van der Waals surface area contributed by atoms with Crippen molar-refractivity contribution in [3.63, 3.8) is 0 Å². The van der Waals surface area contributed by atoms with Crippen LogP contribution in [0.4, 0.5) is 18.9 Å². The molecule has 3 rings (SSSR count). The van der Waals surface area contributed by atoms with Crippen molar-refractivity contribution < 1.29 is 46.5 Å². The lowest BCUT2D eigenvalue weighted by molar-refractivity contribution is -0.170. The summed E-state index contributed by atoms with van der Waals surface area (Å²) in [4.78, 5) is 40.6. The van der Waals surface area contributed by atoms with Crippen molar-refractivity contribution in [2.45, 2.75) is 78.6 Å². The van der Waals surface area contributed by atoms with Crippen molar-refractivity contribution >= 4 is 23.5 Å². The molecule has 9 nitrogen and oxygen atoms in total. The molecular weight excluding hydrogens is 557 g/mol. The summed E-state index contributed by atoms with van der Waals surface area (Å²) < 4.78 is 62.6. The van der Waals surface area contributed by atoms with Crippen LogP contribution in [0.15, 0.2) is 11.6 Å². The second-order valence-corrected chi connectivity index (χ2v) is 10.8. The molecule has 1 aromatic rings. The lowest BCUT2D eigenvalue weighted by atomic mass is 9.92. The number of hydrogen-bond acceptors (Lipinski definition) is 8. The Kier molecular flexibility index (Phi) is 11.8. The number of ether oxygens (including phenoxy) is 4. The Morgan fingerprint density at radius 3 is 2.45 bits per heavy atom. The number of halogens is 3. The molecule has 1 amide bonds. The van der Waals surface area contributed by atoms with E-state index in [0.29, 0.717) is 29.1 Å². The van der Waals surface area contributed by atoms with E-state index in [4.69, 9.17) is 18.9 Å². The lowest BCUT2D eigenvalue weighted by Crippen LogP contribution is -2.46. The molecule has 2 aliphatic rings. The number of cyclic esters (lactones) is 1. The maximum absolute atomic E-state index is 13.7. The van der Waals surface area contributed by atoms with Crippen LogP contribution in [0.1, 0.15) is 73.5 Å². The van der Waals surface area contributed by atoms with Gasteiger partial charge in [-0.15, -0.1) is 0 Å². The maximum Gasteiger partial charge on any atom is 0.471 e. The number of fused-ring (bicyclic) bond motifs is 1. The summed E-state index contributed by atoms with van der Waals surface area (Å²) in [6, 6.07) is -0.920. The van der Waals surface area contributed by atoms with Gasteiger partial charge in [-0.3, -0.25) is 14.5 Å². The Hall–Kier alpha value is -3.12. The summed E-state index contributed by atoms with van der Waals surface area (Å²) in [6.45, 7) is 10.9. The van der Waals surface area contributed by atoms with Gasteiger partial charge in [0, 0.05) is 36.7 Å². The topological polar surface area (TPSA) is 94.6 Å². The molecule has 1 fully saturated rings. The second kappa shape index (κ2) is 14.9. The van der Waals surface area contributed by atoms with Gasteiger partial charge in [0.05, 0.1) is 38.2 Å². The van der Waals surface area contributed by atoms with Gasteiger partial charge in [-0.1, -0.05) is 11.6 Å². The number of allylic oxidation sites excluding steroid dienone is 2. The second-order valence-electron chi connectivity index (χ2n) is 10.8. The Labute approximate surface area is 244 Å². The smallest absolute Gasteiger partial charge is 0.471 e. The third-order valence-electron chi connectivity index (χ3n) is 7.48. The van der Waals surface area contributed by atoms with Crippen LogP contribution in [0, 0.1) is 6.92 Å². The van der Waals surface area contributed by atoms with Crippen molar-refractivity contribution in [2.24, 2.45) is 0 Å². The van der Waals surface area contributed by atoms with E-state index >= 15 is 0 Å². The molecule has 234 valence electrons. The van der Waals surface area contributed by atoms with Crippen molar-refractivity contribution in [2.75, 3.05) is 51.5 Å². The van der Waals surface area contributed by atoms with E-state index in [1.165, 1.54) is 21.0 Å². The van der Waals surface area contributed by atoms with Crippen molar-refractivity contribution in [1.82, 2.24) is 4.90 Å². The minimum Gasteiger partial charge on any atom is -0.496 e. The number of morpholine rings is 1. The molecule has 42 heavy (non-hydrogen) atoms. The molecule has 0 aliphatic carbocycles. The minimum atomic E-state index is -5.16. The zero-order valence-electron chi connectivity index (χ0n) is 25.0. The summed E-state index contributed by atoms with van der Waals surface area (Å²) >= 11 is 0. The molecule has 0 bridgehead atoms. The normalized spacial score (nSPS) is 15.9. The number of rotatable bonds is 13. The van der Waals surface area contributed by atoms with Crippen LogP contribution >= 0.6 is 0 Å². The van der Waals surface area contributed by atoms with Crippen molar-refractivity contribution in [1.29, 1.82) is 0 Å². The number of amides is 1. The number of nitrogens with zero attached hydrogens (tertiary/aromatic N) is 2. The summed E-state index contributed by atoms with van der Waals surface area (Å²) in [6.07, 6.45) is -1.11. The number of alkyl halides is 3. The number of anilines is 1. The number of carbonyl (C=O) groups is 3. The van der Waals surface area contributed by atoms with E-state index in [0.717, 1.165) is 51.3 Å². The van der Waals surface area contributed by atoms with E-state index in [2.05, 4.69) is 4.90 Å². The number of carbonyl (C=O) groups excluding carboxylic acids is 3. The van der Waals surface area contributed by atoms with Gasteiger partial charge in [0.25, 0.3) is 0 Å². The van der Waals surface area contributed by atoms with Gasteiger partial charge < -0.3 is 23.8 Å². The summed E-state index contributed by atoms with van der Waals surface area (Å²) in [5, 5.41) is 0. The molecule has 0 unspecified atom stereocenters. The zero-order chi connectivity index (χ0) is 31.0. The Bertz CT molecular complexity index is 1170. The van der Waals surface area contributed by atoms with E-state index in [-0.39, 0.29) is 48.0 Å². The van der Waals surface area contributed by atoms with E-state index in [1.54, 1.807) is 19.9 Å². The summed E-state index contributed by atoms with van der Waals surface area (Å²) in [5.74, 6) is -2.92. The predicted molar refractivity (Wildman–Crippen MR) is 150 cm³/mol. The third-order valence-corrected chi connectivity index (χ3v) is 7.48. The zero-order valence-corrected chi connectivity index (χ0v) is 25.0. The van der Waals surface area contributed by atoms with Gasteiger partial charge in [-0.2, -0.15) is 13.2 Å². The Morgan fingerprint density at radius 1 is 1.14 bits per heavy atom. The first-order valence-corrected chi connectivity index (χ1v) is 14.3. The quantitative estimate of drug-likeness (QED) is 0.180. The molecule has 12 heteroatoms. The molecule has 1 saturated heterocycles. The number of benzene rings is 1. The van der Waals surface area contributed by atoms with Crippen LogP contribution in [-0.4, -0.2) is 81.5 Å². The van der Waals surface area contributed by atoms with E-state index < -0.39 is 24.1 Å². The fourth-order valence-corrected chi connectivity index (χ4v) is 5.22. The number of methoxy groups -OCH3 is 1. The van der Waals surface area contributed by atoms with Crippen LogP contribution in [0.25, 0.3) is 0 Å². The van der Waals surface area contributed by atoms with Crippen LogP contribution in [-0.2, 0) is 36.8 Å². The number of unbranched alkanes of at least 4 members (excludes halogenated alkanes) is 1. The molecule has 2 aliphatic heterocycles. The molecular formula is C30H41F3N2O7. The van der Waals surface area contributed by atoms with E-state index in [1.807, 2.05) is 0 Å². The SMILES string of the molecule is COc1c(C)c2c(c(N(C(=O)C(F)(F)F)C(C)C)c1CC=C(C)CCC(=O)OCCCCN1CCOCC1)C(=O)OC2. The predicted octanol–water partition coefficient (Wildman–Crippen LogP) is 4.90. The van der Waals surface area contributed by atoms with Gasteiger partial charge >= 0.3 is 24.0 Å². The average Bonchev–Trinajstić information content (AvgIpc) is 3.33. The summed E-state index contributed by atoms with van der Waals surface area (Å²) in [5.41, 5.74) is 1.80. The van der Waals surface area contributed by atoms with Gasteiger partial charge in [-0.05, 0) is 65.5 Å². The van der Waals surface area contributed by atoms with Crippen LogP contribution in [0.5, 0.6) is 5.75 Å². The third kappa shape index (κ3) is 8.25. The highest BCUT2D eigenvalue weighted by atomic mass is 19.4. The molecule has 0 atom stereocenters. The first kappa shape index (κ1) is 33.4. The molecule has 0 radical (unpaired) electrons. The van der Waals surface area contributed by atoms with Gasteiger partial charge in [0.1, 0.15) is 12.4 Å². The standard InChI is InChI=1S/C30H41F3N2O7/c1-19(2)35(29(38)30(31,32)33)26-22(27(39-5)21(4)23-18-42-28(37)25(23)26)10-8-20(3)9-11-24(36)41-15-7-6-12-34-13-16-40-17-14-34/h8,19H,6-7,9-18H2,1-5H3. The van der Waals surface area contributed by atoms with Crippen molar-refractivity contribution in [3.05, 3.63) is 33.9 Å². The van der Waals surface area contributed by atoms with E-state index in [9.17, 15) is 27.6 Å². The maximum atomic E-state index is 13.7.